The van der Waals surface area contributed by atoms with Crippen LogP contribution in [0.3, 0.4) is 0 Å². The summed E-state index contributed by atoms with van der Waals surface area (Å²) in [6, 6.07) is 1.75. The summed E-state index contributed by atoms with van der Waals surface area (Å²) >= 11 is 0. The number of rotatable bonds is 6. The van der Waals surface area contributed by atoms with Crippen LogP contribution in [0.2, 0.25) is 0 Å². The highest BCUT2D eigenvalue weighted by atomic mass is 15.3. The molecule has 2 aliphatic rings. The fourth-order valence-electron chi connectivity index (χ4n) is 3.85. The molecule has 0 saturated carbocycles. The van der Waals surface area contributed by atoms with E-state index in [0.717, 1.165) is 12.1 Å². The molecule has 0 amide bonds. The Morgan fingerprint density at radius 1 is 1.00 bits per heavy atom. The Labute approximate surface area is 114 Å². The van der Waals surface area contributed by atoms with Crippen LogP contribution in [0.1, 0.15) is 65.2 Å². The van der Waals surface area contributed by atoms with Gasteiger partial charge in [-0.2, -0.15) is 0 Å². The summed E-state index contributed by atoms with van der Waals surface area (Å²) in [4.78, 5) is 5.60. The molecule has 0 aromatic rings. The number of hydrogen-bond donors (Lipinski definition) is 0. The molecule has 2 nitrogen and oxygen atoms in total. The van der Waals surface area contributed by atoms with Gasteiger partial charge in [-0.1, -0.05) is 33.1 Å². The van der Waals surface area contributed by atoms with Gasteiger partial charge in [-0.15, -0.1) is 0 Å². The van der Waals surface area contributed by atoms with Crippen molar-refractivity contribution in [2.24, 2.45) is 0 Å². The molecule has 0 bridgehead atoms. The second kappa shape index (κ2) is 7.49. The molecule has 0 spiro atoms. The highest BCUT2D eigenvalue weighted by Crippen LogP contribution is 2.24. The molecule has 0 radical (unpaired) electrons. The van der Waals surface area contributed by atoms with E-state index in [1.807, 2.05) is 0 Å². The maximum Gasteiger partial charge on any atom is 0.0223 e. The van der Waals surface area contributed by atoms with Crippen LogP contribution in [0.4, 0.5) is 0 Å². The number of fused-ring (bicyclic) bond motifs is 1. The Morgan fingerprint density at radius 2 is 1.83 bits per heavy atom. The third kappa shape index (κ3) is 3.71. The molecule has 2 aliphatic heterocycles. The molecule has 0 aromatic carbocycles. The van der Waals surface area contributed by atoms with Crippen LogP contribution in [-0.2, 0) is 0 Å². The normalized spacial score (nSPS) is 28.0. The van der Waals surface area contributed by atoms with E-state index in [1.54, 1.807) is 0 Å². The van der Waals surface area contributed by atoms with Crippen molar-refractivity contribution in [3.05, 3.63) is 0 Å². The van der Waals surface area contributed by atoms with Crippen LogP contribution in [0, 0.1) is 0 Å². The number of hydrogen-bond acceptors (Lipinski definition) is 2. The van der Waals surface area contributed by atoms with E-state index >= 15 is 0 Å². The largest absolute Gasteiger partial charge is 0.299 e. The summed E-state index contributed by atoms with van der Waals surface area (Å²) in [6.45, 7) is 10.1. The van der Waals surface area contributed by atoms with Gasteiger partial charge in [0.1, 0.15) is 0 Å². The number of unbranched alkanes of at least 4 members (excludes halogenated alkanes) is 1. The Hall–Kier alpha value is -0.0800. The lowest BCUT2D eigenvalue weighted by Gasteiger charge is -2.33. The van der Waals surface area contributed by atoms with Gasteiger partial charge in [0.2, 0.25) is 0 Å². The van der Waals surface area contributed by atoms with Crippen LogP contribution in [-0.4, -0.2) is 48.1 Å². The first-order valence-electron chi connectivity index (χ1n) is 8.33. The van der Waals surface area contributed by atoms with Crippen molar-refractivity contribution < 1.29 is 0 Å². The Kier molecular flexibility index (Phi) is 5.97. The third-order valence-corrected chi connectivity index (χ3v) is 4.86. The predicted octanol–water partition coefficient (Wildman–Crippen LogP) is 3.52. The predicted molar refractivity (Wildman–Crippen MR) is 79.0 cm³/mol. The molecular formula is C16H32N2. The van der Waals surface area contributed by atoms with E-state index in [4.69, 9.17) is 0 Å². The van der Waals surface area contributed by atoms with E-state index in [0.29, 0.717) is 0 Å². The molecule has 0 aliphatic carbocycles. The summed E-state index contributed by atoms with van der Waals surface area (Å²) in [6.07, 6.45) is 11.2. The Morgan fingerprint density at radius 3 is 2.61 bits per heavy atom. The first-order chi connectivity index (χ1) is 8.85. The summed E-state index contributed by atoms with van der Waals surface area (Å²) in [7, 11) is 0. The zero-order valence-electron chi connectivity index (χ0n) is 12.5. The lowest BCUT2D eigenvalue weighted by Crippen LogP contribution is -2.42. The second-order valence-electron chi connectivity index (χ2n) is 6.27. The van der Waals surface area contributed by atoms with Gasteiger partial charge < -0.3 is 0 Å². The molecule has 2 fully saturated rings. The second-order valence-corrected chi connectivity index (χ2v) is 6.27. The molecule has 2 atom stereocenters. The van der Waals surface area contributed by atoms with Crippen molar-refractivity contribution in [2.45, 2.75) is 77.3 Å². The molecule has 18 heavy (non-hydrogen) atoms. The van der Waals surface area contributed by atoms with Crippen LogP contribution in [0.5, 0.6) is 0 Å². The van der Waals surface area contributed by atoms with E-state index < -0.39 is 0 Å². The Balaban J connectivity index is 1.91. The molecule has 2 heterocycles. The Bertz CT molecular complexity index is 229. The monoisotopic (exact) mass is 252 g/mol. The summed E-state index contributed by atoms with van der Waals surface area (Å²) < 4.78 is 0. The van der Waals surface area contributed by atoms with Crippen LogP contribution < -0.4 is 0 Å². The summed E-state index contributed by atoms with van der Waals surface area (Å²) in [5.41, 5.74) is 0. The maximum absolute atomic E-state index is 2.84. The van der Waals surface area contributed by atoms with E-state index in [2.05, 4.69) is 23.6 Å². The van der Waals surface area contributed by atoms with Crippen molar-refractivity contribution >= 4 is 0 Å². The van der Waals surface area contributed by atoms with Crippen molar-refractivity contribution in [1.82, 2.24) is 9.80 Å². The van der Waals surface area contributed by atoms with Gasteiger partial charge in [-0.05, 0) is 51.7 Å². The minimum absolute atomic E-state index is 0.871. The van der Waals surface area contributed by atoms with E-state index in [-0.39, 0.29) is 0 Å². The third-order valence-electron chi connectivity index (χ3n) is 4.86. The van der Waals surface area contributed by atoms with Gasteiger partial charge in [-0.25, -0.2) is 0 Å². The molecule has 2 unspecified atom stereocenters. The van der Waals surface area contributed by atoms with Crippen molar-refractivity contribution in [1.29, 1.82) is 0 Å². The first-order valence-corrected chi connectivity index (χ1v) is 8.33. The summed E-state index contributed by atoms with van der Waals surface area (Å²) in [5.74, 6) is 0. The quantitative estimate of drug-likeness (QED) is 0.714. The minimum Gasteiger partial charge on any atom is -0.299 e. The SMILES string of the molecule is CCCCC(CCC)N1CCCN2CCCC2C1. The highest BCUT2D eigenvalue weighted by molar-refractivity contribution is 4.87. The standard InChI is InChI=1S/C16H32N2/c1-3-5-9-15(8-4-2)18-13-7-12-17-11-6-10-16(17)14-18/h15-16H,3-14H2,1-2H3. The van der Waals surface area contributed by atoms with Crippen LogP contribution >= 0.6 is 0 Å². The fraction of sp³-hybridized carbons (Fsp3) is 1.00. The molecule has 106 valence electrons. The van der Waals surface area contributed by atoms with Crippen molar-refractivity contribution in [2.75, 3.05) is 26.2 Å². The van der Waals surface area contributed by atoms with Crippen LogP contribution in [0.15, 0.2) is 0 Å². The molecule has 0 N–H and O–H groups in total. The summed E-state index contributed by atoms with van der Waals surface area (Å²) in [5, 5.41) is 0. The van der Waals surface area contributed by atoms with Gasteiger partial charge in [-0.3, -0.25) is 9.80 Å². The van der Waals surface area contributed by atoms with Crippen molar-refractivity contribution in [3.63, 3.8) is 0 Å². The molecule has 2 heteroatoms. The smallest absolute Gasteiger partial charge is 0.0223 e. The molecule has 0 aromatic heterocycles. The van der Waals surface area contributed by atoms with Crippen LogP contribution in [0.25, 0.3) is 0 Å². The molecular weight excluding hydrogens is 220 g/mol. The van der Waals surface area contributed by atoms with Gasteiger partial charge in [0.25, 0.3) is 0 Å². The fourth-order valence-corrected chi connectivity index (χ4v) is 3.85. The first kappa shape index (κ1) is 14.3. The van der Waals surface area contributed by atoms with Gasteiger partial charge in [0.15, 0.2) is 0 Å². The molecule has 2 rings (SSSR count). The van der Waals surface area contributed by atoms with Crippen molar-refractivity contribution in [3.8, 4) is 0 Å². The van der Waals surface area contributed by atoms with Gasteiger partial charge in [0, 0.05) is 18.6 Å². The zero-order valence-corrected chi connectivity index (χ0v) is 12.5. The maximum atomic E-state index is 2.84. The lowest BCUT2D eigenvalue weighted by atomic mass is 10.0. The van der Waals surface area contributed by atoms with Gasteiger partial charge in [0.05, 0.1) is 0 Å². The lowest BCUT2D eigenvalue weighted by molar-refractivity contribution is 0.155. The number of nitrogens with zero attached hydrogens (tertiary/aromatic N) is 2. The van der Waals surface area contributed by atoms with E-state index in [1.165, 1.54) is 77.5 Å². The molecule has 2 saturated heterocycles. The van der Waals surface area contributed by atoms with E-state index in [9.17, 15) is 0 Å². The average Bonchev–Trinajstić information content (AvgIpc) is 2.72. The highest BCUT2D eigenvalue weighted by Gasteiger charge is 2.30. The van der Waals surface area contributed by atoms with Gasteiger partial charge >= 0.3 is 0 Å². The zero-order chi connectivity index (χ0) is 12.8. The average molecular weight is 252 g/mol. The topological polar surface area (TPSA) is 6.48 Å². The minimum atomic E-state index is 0.871.